The van der Waals surface area contributed by atoms with Crippen molar-refractivity contribution in [2.75, 3.05) is 7.11 Å². The monoisotopic (exact) mass is 496 g/mol. The molecule has 36 heavy (non-hydrogen) atoms. The molecule has 1 unspecified atom stereocenters. The maximum absolute atomic E-state index is 13.9. The van der Waals surface area contributed by atoms with Gasteiger partial charge in [0.2, 0.25) is 5.78 Å². The lowest BCUT2D eigenvalue weighted by atomic mass is 9.95. The Morgan fingerprint density at radius 2 is 1.64 bits per heavy atom. The molecule has 0 radical (unpaired) electrons. The fraction of sp³-hybridized carbons (Fsp3) is 0.138. The van der Waals surface area contributed by atoms with Gasteiger partial charge in [-0.2, -0.15) is 0 Å². The highest BCUT2D eigenvalue weighted by molar-refractivity contribution is 7.17. The topological polar surface area (TPSA) is 79.7 Å². The van der Waals surface area contributed by atoms with E-state index < -0.39 is 23.5 Å². The maximum Gasteiger partial charge on any atom is 0.290 e. The molecule has 0 spiro atoms. The zero-order chi connectivity index (χ0) is 25.2. The van der Waals surface area contributed by atoms with Gasteiger partial charge in [0, 0.05) is 11.1 Å². The van der Waals surface area contributed by atoms with E-state index in [-0.39, 0.29) is 12.1 Å². The van der Waals surface area contributed by atoms with Crippen LogP contribution in [0.4, 0.5) is 0 Å². The van der Waals surface area contributed by atoms with E-state index in [0.717, 1.165) is 16.7 Å². The number of rotatable bonds is 7. The van der Waals surface area contributed by atoms with Crippen LogP contribution >= 0.6 is 11.3 Å². The van der Waals surface area contributed by atoms with Crippen LogP contribution in [0.5, 0.6) is 5.75 Å². The normalized spacial score (nSPS) is 15.4. The average molecular weight is 497 g/mol. The van der Waals surface area contributed by atoms with E-state index in [0.29, 0.717) is 21.3 Å². The van der Waals surface area contributed by atoms with Gasteiger partial charge in [0.1, 0.15) is 10.8 Å². The molecule has 0 saturated heterocycles. The van der Waals surface area contributed by atoms with Gasteiger partial charge in [-0.05, 0) is 18.6 Å². The number of aliphatic hydroxyl groups excluding tert-OH is 1. The van der Waals surface area contributed by atoms with E-state index in [1.54, 1.807) is 14.0 Å². The molecular weight excluding hydrogens is 472 g/mol. The number of para-hydroxylation sites is 1. The number of ether oxygens (including phenoxy) is 1. The predicted octanol–water partition coefficient (Wildman–Crippen LogP) is 5.91. The second kappa shape index (κ2) is 9.79. The lowest BCUT2D eigenvalue weighted by Gasteiger charge is -2.27. The highest BCUT2D eigenvalue weighted by atomic mass is 32.1. The number of ketones is 1. The molecule has 1 atom stereocenters. The lowest BCUT2D eigenvalue weighted by Crippen LogP contribution is -2.30. The van der Waals surface area contributed by atoms with Crippen molar-refractivity contribution < 1.29 is 19.4 Å². The Bertz CT molecular complexity index is 1460. The van der Waals surface area contributed by atoms with Gasteiger partial charge in [-0.15, -0.1) is 11.3 Å². The molecule has 180 valence electrons. The molecule has 1 N–H and O–H groups in total. The molecule has 0 bridgehead atoms. The molecule has 7 heteroatoms. The maximum atomic E-state index is 13.9. The van der Waals surface area contributed by atoms with Crippen LogP contribution in [-0.4, -0.2) is 33.8 Å². The first-order chi connectivity index (χ1) is 17.5. The molecule has 3 aromatic carbocycles. The standard InChI is InChI=1S/C29H24N2O4S/c1-18-27(36-28(30-18)20-13-7-4-8-14-20)25(32)23-24(19-11-5-3-6-12-19)31(29(34)26(23)33)17-21-15-9-10-16-22(21)35-2/h3-16,24,33H,17H2,1-2H3. The van der Waals surface area contributed by atoms with E-state index in [1.807, 2.05) is 84.9 Å². The molecule has 1 aliphatic rings. The number of amides is 1. The number of aliphatic hydroxyl groups is 1. The van der Waals surface area contributed by atoms with Gasteiger partial charge in [-0.1, -0.05) is 78.9 Å². The summed E-state index contributed by atoms with van der Waals surface area (Å²) in [6.07, 6.45) is 0. The van der Waals surface area contributed by atoms with E-state index >= 15 is 0 Å². The van der Waals surface area contributed by atoms with Crippen molar-refractivity contribution in [2.45, 2.75) is 19.5 Å². The summed E-state index contributed by atoms with van der Waals surface area (Å²) in [5.74, 6) is -0.891. The van der Waals surface area contributed by atoms with Crippen molar-refractivity contribution >= 4 is 23.0 Å². The number of methoxy groups -OCH3 is 1. The summed E-state index contributed by atoms with van der Waals surface area (Å²) in [5.41, 5.74) is 3.04. The van der Waals surface area contributed by atoms with Crippen LogP contribution in [0.3, 0.4) is 0 Å². The van der Waals surface area contributed by atoms with E-state index in [1.165, 1.54) is 16.2 Å². The molecular formula is C29H24N2O4S. The molecule has 6 nitrogen and oxygen atoms in total. The van der Waals surface area contributed by atoms with Crippen molar-refractivity contribution in [3.8, 4) is 16.3 Å². The number of thiazole rings is 1. The quantitative estimate of drug-likeness (QED) is 0.322. The van der Waals surface area contributed by atoms with Crippen LogP contribution in [0.1, 0.15) is 32.5 Å². The van der Waals surface area contributed by atoms with Crippen molar-refractivity contribution in [3.63, 3.8) is 0 Å². The smallest absolute Gasteiger partial charge is 0.290 e. The number of hydrogen-bond acceptors (Lipinski definition) is 6. The summed E-state index contributed by atoms with van der Waals surface area (Å²) in [4.78, 5) is 33.8. The van der Waals surface area contributed by atoms with Crippen molar-refractivity contribution in [1.29, 1.82) is 0 Å². The molecule has 0 saturated carbocycles. The number of benzene rings is 3. The minimum absolute atomic E-state index is 0.0625. The Balaban J connectivity index is 1.58. The number of aromatic nitrogens is 1. The first kappa shape index (κ1) is 23.5. The summed E-state index contributed by atoms with van der Waals surface area (Å²) >= 11 is 1.26. The minimum Gasteiger partial charge on any atom is -0.503 e. The van der Waals surface area contributed by atoms with Gasteiger partial charge in [-0.25, -0.2) is 4.98 Å². The number of carbonyl (C=O) groups excluding carboxylic acids is 2. The second-order valence-corrected chi connectivity index (χ2v) is 9.45. The molecule has 4 aromatic rings. The zero-order valence-corrected chi connectivity index (χ0v) is 20.7. The molecule has 5 rings (SSSR count). The number of hydrogen-bond donors (Lipinski definition) is 1. The van der Waals surface area contributed by atoms with E-state index in [4.69, 9.17) is 4.74 Å². The third-order valence-electron chi connectivity index (χ3n) is 6.22. The summed E-state index contributed by atoms with van der Waals surface area (Å²) < 4.78 is 5.48. The molecule has 0 aliphatic carbocycles. The highest BCUT2D eigenvalue weighted by Crippen LogP contribution is 2.42. The Morgan fingerprint density at radius 1 is 1.00 bits per heavy atom. The fourth-order valence-electron chi connectivity index (χ4n) is 4.48. The first-order valence-electron chi connectivity index (χ1n) is 11.5. The largest absolute Gasteiger partial charge is 0.503 e. The van der Waals surface area contributed by atoms with Crippen LogP contribution in [0.2, 0.25) is 0 Å². The van der Waals surface area contributed by atoms with Gasteiger partial charge in [0.05, 0.1) is 35.8 Å². The molecule has 1 amide bonds. The summed E-state index contributed by atoms with van der Waals surface area (Å²) in [7, 11) is 1.57. The molecule has 0 fully saturated rings. The van der Waals surface area contributed by atoms with Gasteiger partial charge in [0.25, 0.3) is 5.91 Å². The summed E-state index contributed by atoms with van der Waals surface area (Å²) in [6.45, 7) is 1.94. The number of Topliss-reactive ketones (excluding diaryl/α,β-unsaturated/α-hetero) is 1. The third kappa shape index (κ3) is 4.18. The molecule has 1 aromatic heterocycles. The highest BCUT2D eigenvalue weighted by Gasteiger charge is 2.44. The SMILES string of the molecule is COc1ccccc1CN1C(=O)C(O)=C(C(=O)c2sc(-c3ccccc3)nc2C)C1c1ccccc1. The van der Waals surface area contributed by atoms with Crippen molar-refractivity contribution in [3.05, 3.63) is 118 Å². The van der Waals surface area contributed by atoms with Gasteiger partial charge in [0.15, 0.2) is 5.76 Å². The van der Waals surface area contributed by atoms with E-state index in [2.05, 4.69) is 4.98 Å². The summed E-state index contributed by atoms with van der Waals surface area (Å²) in [5, 5.41) is 11.7. The Kier molecular flexibility index (Phi) is 6.40. The average Bonchev–Trinajstić information content (AvgIpc) is 3.42. The van der Waals surface area contributed by atoms with Crippen molar-refractivity contribution in [1.82, 2.24) is 9.88 Å². The Morgan fingerprint density at radius 3 is 2.33 bits per heavy atom. The van der Waals surface area contributed by atoms with Crippen molar-refractivity contribution in [2.24, 2.45) is 0 Å². The van der Waals surface area contributed by atoms with Crippen LogP contribution in [0, 0.1) is 6.92 Å². The minimum atomic E-state index is -0.752. The molecule has 2 heterocycles. The zero-order valence-electron chi connectivity index (χ0n) is 19.8. The third-order valence-corrected chi connectivity index (χ3v) is 7.43. The number of carbonyl (C=O) groups is 2. The van der Waals surface area contributed by atoms with Crippen LogP contribution in [0.25, 0.3) is 10.6 Å². The number of aryl methyl sites for hydroxylation is 1. The van der Waals surface area contributed by atoms with Gasteiger partial charge >= 0.3 is 0 Å². The molecule has 1 aliphatic heterocycles. The number of nitrogens with zero attached hydrogens (tertiary/aromatic N) is 2. The summed E-state index contributed by atoms with van der Waals surface area (Å²) in [6, 6.07) is 25.5. The van der Waals surface area contributed by atoms with Crippen LogP contribution in [-0.2, 0) is 11.3 Å². The predicted molar refractivity (Wildman–Crippen MR) is 139 cm³/mol. The van der Waals surface area contributed by atoms with Crippen LogP contribution < -0.4 is 4.74 Å². The Hall–Kier alpha value is -4.23. The van der Waals surface area contributed by atoms with Crippen LogP contribution in [0.15, 0.2) is 96.3 Å². The second-order valence-electron chi connectivity index (χ2n) is 8.45. The Labute approximate surface area is 213 Å². The fourth-order valence-corrected chi connectivity index (χ4v) is 5.51. The van der Waals surface area contributed by atoms with E-state index in [9.17, 15) is 14.7 Å². The van der Waals surface area contributed by atoms with Gasteiger partial charge < -0.3 is 14.7 Å². The first-order valence-corrected chi connectivity index (χ1v) is 12.3. The van der Waals surface area contributed by atoms with Gasteiger partial charge in [-0.3, -0.25) is 9.59 Å². The lowest BCUT2D eigenvalue weighted by molar-refractivity contribution is -0.130.